The van der Waals surface area contributed by atoms with Crippen LogP contribution >= 0.6 is 0 Å². The SMILES string of the molecule is CCCCCCCCCC1CCC(C(=O)O)N1. The Kier molecular flexibility index (Phi) is 7.25. The lowest BCUT2D eigenvalue weighted by Crippen LogP contribution is -2.35. The summed E-state index contributed by atoms with van der Waals surface area (Å²) in [5.74, 6) is -0.688. The van der Waals surface area contributed by atoms with Crippen molar-refractivity contribution in [2.75, 3.05) is 0 Å². The molecule has 0 aromatic heterocycles. The maximum absolute atomic E-state index is 10.8. The lowest BCUT2D eigenvalue weighted by Gasteiger charge is -2.11. The number of unbranched alkanes of at least 4 members (excludes halogenated alkanes) is 6. The number of hydrogen-bond donors (Lipinski definition) is 2. The van der Waals surface area contributed by atoms with Gasteiger partial charge < -0.3 is 10.4 Å². The summed E-state index contributed by atoms with van der Waals surface area (Å²) >= 11 is 0. The number of aliphatic carboxylic acids is 1. The van der Waals surface area contributed by atoms with Gasteiger partial charge in [0.25, 0.3) is 0 Å². The van der Waals surface area contributed by atoms with Crippen LogP contribution in [0.3, 0.4) is 0 Å². The van der Waals surface area contributed by atoms with Crippen molar-refractivity contribution in [1.29, 1.82) is 0 Å². The first-order valence-electron chi connectivity index (χ1n) is 7.23. The Morgan fingerprint density at radius 3 is 2.35 bits per heavy atom. The molecule has 1 aliphatic heterocycles. The van der Waals surface area contributed by atoms with E-state index in [1.807, 2.05) is 0 Å². The van der Waals surface area contributed by atoms with Gasteiger partial charge in [0.15, 0.2) is 0 Å². The molecular formula is C14H27NO2. The van der Waals surface area contributed by atoms with E-state index in [9.17, 15) is 4.79 Å². The average Bonchev–Trinajstić information content (AvgIpc) is 2.77. The zero-order valence-electron chi connectivity index (χ0n) is 11.1. The quantitative estimate of drug-likeness (QED) is 0.609. The Morgan fingerprint density at radius 2 is 1.76 bits per heavy atom. The summed E-state index contributed by atoms with van der Waals surface area (Å²) in [6, 6.07) is 0.163. The lowest BCUT2D eigenvalue weighted by molar-refractivity contribution is -0.139. The van der Waals surface area contributed by atoms with E-state index >= 15 is 0 Å². The van der Waals surface area contributed by atoms with Crippen LogP contribution in [0.1, 0.15) is 71.1 Å². The molecule has 0 aromatic carbocycles. The van der Waals surface area contributed by atoms with Crippen LogP contribution in [-0.4, -0.2) is 23.2 Å². The predicted octanol–water partition coefficient (Wildman–Crippen LogP) is 3.33. The molecule has 0 spiro atoms. The van der Waals surface area contributed by atoms with E-state index in [1.165, 1.54) is 44.9 Å². The van der Waals surface area contributed by atoms with Gasteiger partial charge >= 0.3 is 5.97 Å². The molecule has 0 aromatic rings. The molecule has 0 aliphatic carbocycles. The number of carbonyl (C=O) groups is 1. The molecule has 3 nitrogen and oxygen atoms in total. The lowest BCUT2D eigenvalue weighted by atomic mass is 10.0. The van der Waals surface area contributed by atoms with Gasteiger partial charge in [-0.3, -0.25) is 4.79 Å². The van der Waals surface area contributed by atoms with Gasteiger partial charge in [-0.1, -0.05) is 51.9 Å². The van der Waals surface area contributed by atoms with Crippen molar-refractivity contribution in [1.82, 2.24) is 5.32 Å². The fraction of sp³-hybridized carbons (Fsp3) is 0.929. The first kappa shape index (κ1) is 14.5. The smallest absolute Gasteiger partial charge is 0.320 e. The second-order valence-corrected chi connectivity index (χ2v) is 5.24. The van der Waals surface area contributed by atoms with Crippen molar-refractivity contribution in [3.8, 4) is 0 Å². The fourth-order valence-corrected chi connectivity index (χ4v) is 2.59. The van der Waals surface area contributed by atoms with E-state index in [2.05, 4.69) is 12.2 Å². The monoisotopic (exact) mass is 241 g/mol. The molecule has 2 unspecified atom stereocenters. The summed E-state index contributed by atoms with van der Waals surface area (Å²) in [6.07, 6.45) is 12.3. The van der Waals surface area contributed by atoms with Gasteiger partial charge in [0.2, 0.25) is 0 Å². The van der Waals surface area contributed by atoms with Crippen LogP contribution in [0.2, 0.25) is 0 Å². The fourth-order valence-electron chi connectivity index (χ4n) is 2.59. The second-order valence-electron chi connectivity index (χ2n) is 5.24. The predicted molar refractivity (Wildman–Crippen MR) is 70.2 cm³/mol. The molecule has 2 atom stereocenters. The standard InChI is InChI=1S/C14H27NO2/c1-2-3-4-5-6-7-8-9-12-10-11-13(15-12)14(16)17/h12-13,15H,2-11H2,1H3,(H,16,17). The minimum absolute atomic E-state index is 0.287. The average molecular weight is 241 g/mol. The van der Waals surface area contributed by atoms with E-state index < -0.39 is 5.97 Å². The molecule has 3 heteroatoms. The number of hydrogen-bond acceptors (Lipinski definition) is 2. The van der Waals surface area contributed by atoms with E-state index in [1.54, 1.807) is 0 Å². The molecule has 0 saturated carbocycles. The highest BCUT2D eigenvalue weighted by molar-refractivity contribution is 5.73. The van der Waals surface area contributed by atoms with E-state index in [0.717, 1.165) is 19.3 Å². The van der Waals surface area contributed by atoms with E-state index in [-0.39, 0.29) is 6.04 Å². The highest BCUT2D eigenvalue weighted by atomic mass is 16.4. The molecule has 0 radical (unpaired) electrons. The van der Waals surface area contributed by atoms with Crippen molar-refractivity contribution in [2.24, 2.45) is 0 Å². The Morgan fingerprint density at radius 1 is 1.12 bits per heavy atom. The largest absolute Gasteiger partial charge is 0.480 e. The van der Waals surface area contributed by atoms with E-state index in [0.29, 0.717) is 6.04 Å². The summed E-state index contributed by atoms with van der Waals surface area (Å²) in [7, 11) is 0. The minimum Gasteiger partial charge on any atom is -0.480 e. The number of carboxylic acid groups (broad SMARTS) is 1. The summed E-state index contributed by atoms with van der Waals surface area (Å²) < 4.78 is 0. The van der Waals surface area contributed by atoms with Gasteiger partial charge in [-0.25, -0.2) is 0 Å². The van der Waals surface area contributed by atoms with Crippen LogP contribution in [0.4, 0.5) is 0 Å². The first-order chi connectivity index (χ1) is 8.24. The molecule has 17 heavy (non-hydrogen) atoms. The van der Waals surface area contributed by atoms with Gasteiger partial charge in [-0.15, -0.1) is 0 Å². The zero-order valence-corrected chi connectivity index (χ0v) is 11.1. The van der Waals surface area contributed by atoms with Gasteiger partial charge in [0.05, 0.1) is 0 Å². The van der Waals surface area contributed by atoms with Crippen molar-refractivity contribution < 1.29 is 9.90 Å². The maximum Gasteiger partial charge on any atom is 0.320 e. The molecule has 0 amide bonds. The molecule has 1 fully saturated rings. The van der Waals surface area contributed by atoms with E-state index in [4.69, 9.17) is 5.11 Å². The number of rotatable bonds is 9. The zero-order chi connectivity index (χ0) is 12.5. The summed E-state index contributed by atoms with van der Waals surface area (Å²) in [6.45, 7) is 2.24. The van der Waals surface area contributed by atoms with Crippen LogP contribution in [0.5, 0.6) is 0 Å². The van der Waals surface area contributed by atoms with Crippen molar-refractivity contribution in [3.05, 3.63) is 0 Å². The Bertz CT molecular complexity index is 218. The summed E-state index contributed by atoms with van der Waals surface area (Å²) in [4.78, 5) is 10.8. The maximum atomic E-state index is 10.8. The third-order valence-electron chi connectivity index (χ3n) is 3.69. The van der Waals surface area contributed by atoms with Crippen molar-refractivity contribution in [3.63, 3.8) is 0 Å². The topological polar surface area (TPSA) is 49.3 Å². The third-order valence-corrected chi connectivity index (χ3v) is 3.69. The first-order valence-corrected chi connectivity index (χ1v) is 7.23. The molecule has 2 N–H and O–H groups in total. The van der Waals surface area contributed by atoms with Crippen molar-refractivity contribution >= 4 is 5.97 Å². The number of carboxylic acids is 1. The van der Waals surface area contributed by atoms with Crippen molar-refractivity contribution in [2.45, 2.75) is 83.2 Å². The highest BCUT2D eigenvalue weighted by Gasteiger charge is 2.27. The van der Waals surface area contributed by atoms with Gasteiger partial charge in [-0.2, -0.15) is 0 Å². The number of nitrogens with one attached hydrogen (secondary N) is 1. The van der Waals surface area contributed by atoms with Crippen LogP contribution in [0, 0.1) is 0 Å². The van der Waals surface area contributed by atoms with Crippen LogP contribution in [0.15, 0.2) is 0 Å². The molecule has 1 rings (SSSR count). The molecular weight excluding hydrogens is 214 g/mol. The minimum atomic E-state index is -0.688. The molecule has 1 heterocycles. The second kappa shape index (κ2) is 8.51. The Hall–Kier alpha value is -0.570. The molecule has 0 bridgehead atoms. The molecule has 1 aliphatic rings. The summed E-state index contributed by atoms with van der Waals surface area (Å²) in [5.41, 5.74) is 0. The van der Waals surface area contributed by atoms with Gasteiger partial charge in [-0.05, 0) is 19.3 Å². The Labute approximate surface area is 105 Å². The summed E-state index contributed by atoms with van der Waals surface area (Å²) in [5, 5.41) is 12.1. The third kappa shape index (κ3) is 6.06. The van der Waals surface area contributed by atoms with Crippen LogP contribution in [0.25, 0.3) is 0 Å². The van der Waals surface area contributed by atoms with Gasteiger partial charge in [0, 0.05) is 6.04 Å². The Balaban J connectivity index is 1.92. The van der Waals surface area contributed by atoms with Crippen LogP contribution in [-0.2, 0) is 4.79 Å². The van der Waals surface area contributed by atoms with Crippen LogP contribution < -0.4 is 5.32 Å². The molecule has 100 valence electrons. The highest BCUT2D eigenvalue weighted by Crippen LogP contribution is 2.18. The van der Waals surface area contributed by atoms with Gasteiger partial charge in [0.1, 0.15) is 6.04 Å². The molecule has 1 saturated heterocycles. The normalized spacial score (nSPS) is 24.1.